The largest absolute Gasteiger partial charge is 0.369 e. The fourth-order valence-corrected chi connectivity index (χ4v) is 5.30. The predicted molar refractivity (Wildman–Crippen MR) is 122 cm³/mol. The molecule has 4 rings (SSSR count). The number of aliphatic imine (C=N–C) groups is 1. The summed E-state index contributed by atoms with van der Waals surface area (Å²) in [5.41, 5.74) is 6.43. The first kappa shape index (κ1) is 22.3. The molecular weight excluding hydrogens is 430 g/mol. The van der Waals surface area contributed by atoms with Crippen molar-refractivity contribution in [1.29, 1.82) is 0 Å². The Balaban J connectivity index is 1.26. The minimum absolute atomic E-state index is 0.0554. The third kappa shape index (κ3) is 5.12. The molecule has 170 valence electrons. The number of hydrogen-bond donors (Lipinski definition) is 2. The smallest absolute Gasteiger partial charge is 0.262 e. The molecule has 0 aromatic heterocycles. The average molecular weight is 458 g/mol. The SMILES string of the molecule is NC(=O)C1CCN(C(=O)c2ccc(NC(=O)C[C@@H]3SC(N4CCCC4)=NC3=O)cc2)CC1. The number of thioether (sulfide) groups is 1. The molecule has 1 aromatic carbocycles. The van der Waals surface area contributed by atoms with Gasteiger partial charge in [0.15, 0.2) is 5.17 Å². The predicted octanol–water partition coefficient (Wildman–Crippen LogP) is 1.45. The lowest BCUT2D eigenvalue weighted by atomic mass is 9.96. The van der Waals surface area contributed by atoms with Crippen molar-refractivity contribution in [2.24, 2.45) is 16.6 Å². The Labute approximate surface area is 190 Å². The lowest BCUT2D eigenvalue weighted by molar-refractivity contribution is -0.123. The Kier molecular flexibility index (Phi) is 6.78. The van der Waals surface area contributed by atoms with E-state index >= 15 is 0 Å². The Morgan fingerprint density at radius 1 is 1.06 bits per heavy atom. The number of amidine groups is 1. The Bertz CT molecular complexity index is 934. The molecule has 0 unspecified atom stereocenters. The highest BCUT2D eigenvalue weighted by Crippen LogP contribution is 2.29. The van der Waals surface area contributed by atoms with Gasteiger partial charge in [-0.05, 0) is 49.9 Å². The van der Waals surface area contributed by atoms with Crippen LogP contribution in [0.2, 0.25) is 0 Å². The van der Waals surface area contributed by atoms with Crippen LogP contribution >= 0.6 is 11.8 Å². The van der Waals surface area contributed by atoms with Crippen LogP contribution < -0.4 is 11.1 Å². The minimum Gasteiger partial charge on any atom is -0.369 e. The van der Waals surface area contributed by atoms with Crippen LogP contribution in [0.25, 0.3) is 0 Å². The summed E-state index contributed by atoms with van der Waals surface area (Å²) in [6.07, 6.45) is 3.42. The standard InChI is InChI=1S/C22H27N5O4S/c23-19(29)14-7-11-26(12-8-14)21(31)15-3-5-16(6-4-15)24-18(28)13-17-20(30)25-22(32-17)27-9-1-2-10-27/h3-6,14,17H,1-2,7-13H2,(H2,23,29)(H,24,28)/t17-/m0/s1. The van der Waals surface area contributed by atoms with Crippen LogP contribution in [0, 0.1) is 5.92 Å². The summed E-state index contributed by atoms with van der Waals surface area (Å²) in [5.74, 6) is -1.10. The van der Waals surface area contributed by atoms with Gasteiger partial charge < -0.3 is 20.9 Å². The van der Waals surface area contributed by atoms with Gasteiger partial charge in [0.1, 0.15) is 5.25 Å². The highest BCUT2D eigenvalue weighted by atomic mass is 32.2. The number of nitrogens with zero attached hydrogens (tertiary/aromatic N) is 3. The second-order valence-electron chi connectivity index (χ2n) is 8.33. The van der Waals surface area contributed by atoms with E-state index < -0.39 is 5.25 Å². The number of anilines is 1. The summed E-state index contributed by atoms with van der Waals surface area (Å²) >= 11 is 1.37. The van der Waals surface area contributed by atoms with Crippen molar-refractivity contribution in [2.75, 3.05) is 31.5 Å². The van der Waals surface area contributed by atoms with E-state index in [9.17, 15) is 19.2 Å². The van der Waals surface area contributed by atoms with Crippen molar-refractivity contribution in [3.8, 4) is 0 Å². The number of hydrogen-bond acceptors (Lipinski definition) is 6. The van der Waals surface area contributed by atoms with Crippen LogP contribution in [0.1, 0.15) is 42.5 Å². The second-order valence-corrected chi connectivity index (χ2v) is 9.50. The van der Waals surface area contributed by atoms with Crippen LogP contribution in [0.4, 0.5) is 5.69 Å². The minimum atomic E-state index is -0.491. The summed E-state index contributed by atoms with van der Waals surface area (Å²) in [6.45, 7) is 2.82. The number of benzene rings is 1. The normalized spacial score (nSPS) is 21.6. The molecule has 1 atom stereocenters. The van der Waals surface area contributed by atoms with E-state index in [2.05, 4.69) is 15.2 Å². The second kappa shape index (κ2) is 9.72. The van der Waals surface area contributed by atoms with Crippen LogP contribution in [-0.4, -0.2) is 70.0 Å². The Morgan fingerprint density at radius 3 is 2.34 bits per heavy atom. The van der Waals surface area contributed by atoms with Gasteiger partial charge in [0.05, 0.1) is 0 Å². The van der Waals surface area contributed by atoms with Gasteiger partial charge in [0.2, 0.25) is 11.8 Å². The highest BCUT2D eigenvalue weighted by Gasteiger charge is 2.34. The van der Waals surface area contributed by atoms with E-state index in [1.807, 2.05) is 0 Å². The summed E-state index contributed by atoms with van der Waals surface area (Å²) in [6, 6.07) is 6.69. The zero-order valence-electron chi connectivity index (χ0n) is 17.8. The molecule has 3 N–H and O–H groups in total. The number of carbonyl (C=O) groups is 4. The number of carbonyl (C=O) groups excluding carboxylic acids is 4. The average Bonchev–Trinajstić information content (AvgIpc) is 3.44. The lowest BCUT2D eigenvalue weighted by Gasteiger charge is -2.30. The van der Waals surface area contributed by atoms with Gasteiger partial charge in [0, 0.05) is 49.8 Å². The van der Waals surface area contributed by atoms with Crippen LogP contribution in [0.15, 0.2) is 29.3 Å². The maximum absolute atomic E-state index is 12.7. The van der Waals surface area contributed by atoms with Crippen molar-refractivity contribution >= 4 is 46.2 Å². The van der Waals surface area contributed by atoms with Crippen molar-refractivity contribution in [2.45, 2.75) is 37.4 Å². The molecule has 0 saturated carbocycles. The van der Waals surface area contributed by atoms with Gasteiger partial charge in [-0.25, -0.2) is 0 Å². The topological polar surface area (TPSA) is 125 Å². The van der Waals surface area contributed by atoms with Gasteiger partial charge in [-0.1, -0.05) is 11.8 Å². The van der Waals surface area contributed by atoms with E-state index in [4.69, 9.17) is 5.73 Å². The number of primary amides is 1. The molecule has 0 aliphatic carbocycles. The van der Waals surface area contributed by atoms with Crippen LogP contribution in [0.5, 0.6) is 0 Å². The maximum atomic E-state index is 12.7. The molecule has 0 spiro atoms. The van der Waals surface area contributed by atoms with Gasteiger partial charge >= 0.3 is 0 Å². The fourth-order valence-electron chi connectivity index (χ4n) is 4.18. The fraction of sp³-hybridized carbons (Fsp3) is 0.500. The van der Waals surface area contributed by atoms with E-state index in [-0.39, 0.29) is 36.0 Å². The molecule has 3 aliphatic heterocycles. The number of rotatable bonds is 5. The number of nitrogens with two attached hydrogens (primary N) is 1. The monoisotopic (exact) mass is 457 g/mol. The third-order valence-electron chi connectivity index (χ3n) is 6.08. The van der Waals surface area contributed by atoms with Gasteiger partial charge in [-0.2, -0.15) is 4.99 Å². The third-order valence-corrected chi connectivity index (χ3v) is 7.29. The summed E-state index contributed by atoms with van der Waals surface area (Å²) in [5, 5.41) is 3.03. The summed E-state index contributed by atoms with van der Waals surface area (Å²) < 4.78 is 0. The quantitative estimate of drug-likeness (QED) is 0.689. The van der Waals surface area contributed by atoms with Crippen molar-refractivity contribution in [1.82, 2.24) is 9.80 Å². The van der Waals surface area contributed by atoms with Gasteiger partial charge in [0.25, 0.3) is 11.8 Å². The van der Waals surface area contributed by atoms with Gasteiger partial charge in [-0.3, -0.25) is 19.2 Å². The van der Waals surface area contributed by atoms with Gasteiger partial charge in [-0.15, -0.1) is 0 Å². The first-order valence-corrected chi connectivity index (χ1v) is 11.8. The molecule has 3 heterocycles. The molecule has 1 aromatic rings. The van der Waals surface area contributed by atoms with Crippen molar-refractivity contribution < 1.29 is 19.2 Å². The number of piperidine rings is 1. The van der Waals surface area contributed by atoms with E-state index in [0.717, 1.165) is 31.1 Å². The van der Waals surface area contributed by atoms with Crippen LogP contribution in [-0.2, 0) is 14.4 Å². The summed E-state index contributed by atoms with van der Waals surface area (Å²) in [4.78, 5) is 56.5. The number of amides is 4. The molecule has 2 saturated heterocycles. The van der Waals surface area contributed by atoms with Crippen molar-refractivity contribution in [3.63, 3.8) is 0 Å². The Hall–Kier alpha value is -2.88. The molecule has 0 bridgehead atoms. The lowest BCUT2D eigenvalue weighted by Crippen LogP contribution is -2.41. The number of likely N-dealkylation sites (tertiary alicyclic amines) is 2. The van der Waals surface area contributed by atoms with E-state index in [1.54, 1.807) is 29.2 Å². The first-order valence-electron chi connectivity index (χ1n) is 10.9. The molecule has 32 heavy (non-hydrogen) atoms. The van der Waals surface area contributed by atoms with Crippen LogP contribution in [0.3, 0.4) is 0 Å². The zero-order chi connectivity index (χ0) is 22.7. The molecular formula is C22H27N5O4S. The molecule has 2 fully saturated rings. The maximum Gasteiger partial charge on any atom is 0.262 e. The van der Waals surface area contributed by atoms with Crippen molar-refractivity contribution in [3.05, 3.63) is 29.8 Å². The molecule has 3 aliphatic rings. The number of nitrogens with one attached hydrogen (secondary N) is 1. The van der Waals surface area contributed by atoms with E-state index in [0.29, 0.717) is 37.2 Å². The molecule has 9 nitrogen and oxygen atoms in total. The molecule has 10 heteroatoms. The first-order chi connectivity index (χ1) is 15.4. The highest BCUT2D eigenvalue weighted by molar-refractivity contribution is 8.15. The Morgan fingerprint density at radius 2 is 1.72 bits per heavy atom. The zero-order valence-corrected chi connectivity index (χ0v) is 18.6. The van der Waals surface area contributed by atoms with E-state index in [1.165, 1.54) is 11.8 Å². The molecule has 4 amide bonds. The molecule has 0 radical (unpaired) electrons. The summed E-state index contributed by atoms with van der Waals surface area (Å²) in [7, 11) is 0.